The van der Waals surface area contributed by atoms with E-state index in [4.69, 9.17) is 22.4 Å². The predicted octanol–water partition coefficient (Wildman–Crippen LogP) is 6.23. The Kier molecular flexibility index (Phi) is 18.9. The quantitative estimate of drug-likeness (QED) is 0.0739. The molecule has 3 atom stereocenters. The third-order valence-corrected chi connectivity index (χ3v) is 8.91. The molecule has 3 rings (SSSR count). The number of nitrogens with one attached hydrogen (secondary N) is 3. The van der Waals surface area contributed by atoms with Crippen molar-refractivity contribution in [2.24, 2.45) is 17.8 Å². The molecule has 1 aromatic carbocycles. The maximum Gasteiger partial charge on any atom is 0.286 e. The average molecular weight is 765 g/mol. The van der Waals surface area contributed by atoms with E-state index in [-0.39, 0.29) is 53.0 Å². The first-order valence-corrected chi connectivity index (χ1v) is 18.9. The van der Waals surface area contributed by atoms with Gasteiger partial charge in [-0.2, -0.15) is 0 Å². The van der Waals surface area contributed by atoms with Gasteiger partial charge in [-0.25, -0.2) is 0 Å². The number of carbonyl (C=O) groups is 5. The predicted molar refractivity (Wildman–Crippen MR) is 211 cm³/mol. The van der Waals surface area contributed by atoms with Crippen LogP contribution in [0.4, 0.5) is 0 Å². The van der Waals surface area contributed by atoms with Crippen LogP contribution < -0.4 is 16.0 Å². The number of ketones is 1. The Labute approximate surface area is 325 Å². The highest BCUT2D eigenvalue weighted by molar-refractivity contribution is 6.31. The summed E-state index contributed by atoms with van der Waals surface area (Å²) in [5, 5.41) is 16.6. The molecule has 294 valence electrons. The highest BCUT2D eigenvalue weighted by atomic mass is 35.5. The van der Waals surface area contributed by atoms with Gasteiger partial charge in [0.2, 0.25) is 35.3 Å². The Morgan fingerprint density at radius 3 is 2.17 bits per heavy atom. The Bertz CT molecular complexity index is 1650. The zero-order valence-electron chi connectivity index (χ0n) is 32.9. The number of aromatic nitrogens is 2. The second kappa shape index (κ2) is 22.5. The minimum Gasteiger partial charge on any atom is -0.414 e. The van der Waals surface area contributed by atoms with Crippen molar-refractivity contribution in [3.8, 4) is 23.8 Å². The third-order valence-electron chi connectivity index (χ3n) is 8.66. The van der Waals surface area contributed by atoms with Gasteiger partial charge in [0, 0.05) is 42.6 Å². The van der Waals surface area contributed by atoms with Crippen molar-refractivity contribution in [2.75, 3.05) is 13.1 Å². The van der Waals surface area contributed by atoms with Gasteiger partial charge >= 0.3 is 0 Å². The molecule has 4 amide bonds. The number of halogens is 1. The number of likely N-dealkylation sites (tertiary alicyclic amines) is 1. The molecule has 1 aromatic heterocycles. The van der Waals surface area contributed by atoms with Gasteiger partial charge in [-0.05, 0) is 82.6 Å². The van der Waals surface area contributed by atoms with Crippen molar-refractivity contribution < 1.29 is 28.4 Å². The number of hydrogen-bond acceptors (Lipinski definition) is 8. The number of terminal acetylenes is 1. The van der Waals surface area contributed by atoms with E-state index in [9.17, 15) is 24.0 Å². The molecule has 0 aliphatic carbocycles. The first kappa shape index (κ1) is 45.4. The molecule has 54 heavy (non-hydrogen) atoms. The molecule has 3 N–H and O–H groups in total. The van der Waals surface area contributed by atoms with Crippen LogP contribution in [0, 0.1) is 30.1 Å². The van der Waals surface area contributed by atoms with Crippen molar-refractivity contribution in [3.05, 3.63) is 59.5 Å². The monoisotopic (exact) mass is 764 g/mol. The van der Waals surface area contributed by atoms with Crippen LogP contribution in [-0.2, 0) is 19.2 Å². The largest absolute Gasteiger partial charge is 0.414 e. The van der Waals surface area contributed by atoms with Crippen molar-refractivity contribution in [2.45, 2.75) is 112 Å². The number of amides is 4. The number of unbranched alkanes of at least 4 members (excludes halogenated alkanes) is 1. The molecule has 0 bridgehead atoms. The van der Waals surface area contributed by atoms with Gasteiger partial charge in [0.05, 0.1) is 6.04 Å². The lowest BCUT2D eigenvalue weighted by Gasteiger charge is -2.28. The second-order valence-electron chi connectivity index (χ2n) is 14.7. The van der Waals surface area contributed by atoms with Gasteiger partial charge < -0.3 is 25.3 Å². The van der Waals surface area contributed by atoms with E-state index in [1.54, 1.807) is 18.2 Å². The second-order valence-corrected chi connectivity index (χ2v) is 15.1. The molecular formula is C41H57ClN6O6. The summed E-state index contributed by atoms with van der Waals surface area (Å²) in [4.78, 5) is 63.1. The number of nitrogens with zero attached hydrogens (tertiary/aromatic N) is 3. The van der Waals surface area contributed by atoms with Crippen LogP contribution in [0.1, 0.15) is 105 Å². The summed E-state index contributed by atoms with van der Waals surface area (Å²) in [6, 6.07) is 8.04. The summed E-state index contributed by atoms with van der Waals surface area (Å²) in [7, 11) is 0. The smallest absolute Gasteiger partial charge is 0.286 e. The van der Waals surface area contributed by atoms with Gasteiger partial charge in [-0.3, -0.25) is 24.0 Å². The van der Waals surface area contributed by atoms with Crippen molar-refractivity contribution in [3.63, 3.8) is 0 Å². The van der Waals surface area contributed by atoms with Crippen molar-refractivity contribution in [1.82, 2.24) is 31.0 Å². The molecule has 12 nitrogen and oxygen atoms in total. The van der Waals surface area contributed by atoms with Crippen LogP contribution in [-0.4, -0.2) is 75.2 Å². The summed E-state index contributed by atoms with van der Waals surface area (Å²) < 4.78 is 5.42. The molecule has 0 radical (unpaired) electrons. The normalized spacial score (nSPS) is 14.9. The summed E-state index contributed by atoms with van der Waals surface area (Å²) in [6.45, 7) is 16.2. The van der Waals surface area contributed by atoms with Crippen LogP contribution in [0.25, 0.3) is 11.5 Å². The molecule has 2 heterocycles. The van der Waals surface area contributed by atoms with E-state index in [1.165, 1.54) is 6.92 Å². The lowest BCUT2D eigenvalue weighted by atomic mass is 9.95. The molecule has 3 unspecified atom stereocenters. The van der Waals surface area contributed by atoms with Gasteiger partial charge in [0.1, 0.15) is 12.0 Å². The first-order chi connectivity index (χ1) is 25.5. The molecule has 13 heteroatoms. The number of carbonyl (C=O) groups excluding carboxylic acids is 5. The minimum absolute atomic E-state index is 0.0198. The van der Waals surface area contributed by atoms with Crippen molar-refractivity contribution in [1.29, 1.82) is 0 Å². The molecule has 0 saturated carbocycles. The maximum absolute atomic E-state index is 12.7. The van der Waals surface area contributed by atoms with Gasteiger partial charge in [-0.1, -0.05) is 75.9 Å². The fourth-order valence-corrected chi connectivity index (χ4v) is 5.95. The molecular weight excluding hydrogens is 708 g/mol. The zero-order valence-corrected chi connectivity index (χ0v) is 33.7. The molecule has 1 fully saturated rings. The zero-order chi connectivity index (χ0) is 40.4. The minimum atomic E-state index is -0.750. The Balaban J connectivity index is 0.000000410. The lowest BCUT2D eigenvalue weighted by molar-refractivity contribution is -0.136. The van der Waals surface area contributed by atoms with E-state index >= 15 is 0 Å². The van der Waals surface area contributed by atoms with Crippen LogP contribution in [0.2, 0.25) is 0 Å². The molecule has 1 aliphatic rings. The Morgan fingerprint density at radius 2 is 1.61 bits per heavy atom. The first-order valence-electron chi connectivity index (χ1n) is 18.6. The van der Waals surface area contributed by atoms with Crippen LogP contribution in [0.3, 0.4) is 0 Å². The summed E-state index contributed by atoms with van der Waals surface area (Å²) in [5.41, 5.74) is 0.264. The number of allylic oxidation sites excluding steroid dienone is 3. The fourth-order valence-electron chi connectivity index (χ4n) is 5.70. The summed E-state index contributed by atoms with van der Waals surface area (Å²) in [6.07, 6.45) is 15.0. The van der Waals surface area contributed by atoms with Gasteiger partial charge in [0.25, 0.3) is 5.89 Å². The van der Waals surface area contributed by atoms with E-state index in [2.05, 4.69) is 32.1 Å². The lowest BCUT2D eigenvalue weighted by Crippen LogP contribution is -2.50. The number of Topliss-reactive ketones (excluding diaryl/α,β-unsaturated/α-hetero) is 1. The molecule has 1 saturated heterocycles. The van der Waals surface area contributed by atoms with Gasteiger partial charge in [0.15, 0.2) is 0 Å². The van der Waals surface area contributed by atoms with E-state index < -0.39 is 23.5 Å². The SMILES string of the molecule is C#CC(/C=C(Cl)\C=C/C)C(=O)NC(C)(C)CCCCC(=O)NC(C(=O)N1CCCC1)C(C)C.CC(=O)NC(C(=O)c1nnc(-c2ccccc2)o1)C(C)C. The summed E-state index contributed by atoms with van der Waals surface area (Å²) in [5.74, 6) is 0.839. The maximum atomic E-state index is 12.7. The Morgan fingerprint density at radius 1 is 0.981 bits per heavy atom. The van der Waals surface area contributed by atoms with Crippen LogP contribution in [0.5, 0.6) is 0 Å². The Hall–Kier alpha value is -4.76. The fraction of sp³-hybridized carbons (Fsp3) is 0.537. The topological polar surface area (TPSA) is 164 Å². The van der Waals surface area contributed by atoms with Crippen molar-refractivity contribution >= 4 is 41.0 Å². The number of rotatable bonds is 17. The molecule has 0 spiro atoms. The highest BCUT2D eigenvalue weighted by Gasteiger charge is 2.31. The number of hydrogen-bond donors (Lipinski definition) is 3. The van der Waals surface area contributed by atoms with Gasteiger partial charge in [-0.15, -0.1) is 16.6 Å². The third kappa shape index (κ3) is 15.3. The van der Waals surface area contributed by atoms with E-state index in [0.717, 1.165) is 37.9 Å². The van der Waals surface area contributed by atoms with E-state index in [0.29, 0.717) is 24.3 Å². The molecule has 2 aromatic rings. The standard InChI is InChI=1S/C26H40ClN3O3.C15H17N3O3/c1-7-13-21(27)18-20(8-2)24(32)29-26(5,6)15-10-9-14-22(31)28-23(19(3)4)25(33)30-16-11-12-17-30;1-9(2)12(16-10(3)19)13(20)15-18-17-14(21-15)11-7-5-4-6-8-11/h2,7,13,18-20,23H,9-12,14-17H2,1,3-6H3,(H,28,31)(H,29,32);4-9,12H,1-3H3,(H,16,19)/b13-7-,21-18+;. The average Bonchev–Trinajstić information content (AvgIpc) is 3.84. The van der Waals surface area contributed by atoms with Crippen LogP contribution >= 0.6 is 11.6 Å². The summed E-state index contributed by atoms with van der Waals surface area (Å²) >= 11 is 6.05. The van der Waals surface area contributed by atoms with E-state index in [1.807, 2.05) is 83.7 Å². The van der Waals surface area contributed by atoms with Crippen LogP contribution in [0.15, 0.2) is 58.0 Å². The highest BCUT2D eigenvalue weighted by Crippen LogP contribution is 2.20. The number of benzene rings is 1. The molecule has 1 aliphatic heterocycles.